The maximum absolute atomic E-state index is 11.4. The van der Waals surface area contributed by atoms with Gasteiger partial charge in [0.05, 0.1) is 19.3 Å². The molecule has 0 aliphatic carbocycles. The summed E-state index contributed by atoms with van der Waals surface area (Å²) >= 11 is 1.59. The molecule has 0 radical (unpaired) electrons. The van der Waals surface area contributed by atoms with Crippen LogP contribution in [0.4, 0.5) is 9.93 Å². The van der Waals surface area contributed by atoms with E-state index in [1.165, 1.54) is 17.5 Å². The molecule has 1 N–H and O–H groups in total. The molecule has 2 heterocycles. The minimum absolute atomic E-state index is 0.0466. The third kappa shape index (κ3) is 5.46. The number of carbonyl (C=O) groups excluding carboxylic acids is 1. The normalized spacial score (nSPS) is 18.2. The standard InChI is InChI=1S/C25H31N3O3SSi/c1-25(2,3)21-16-28(23-27-18(17-32-23)15-26-24(29)30-4)22(21)31-33(19-11-7-5-8-12-19)20-13-9-6-10-14-20/h5-14,17,21-22,33H,15-16H2,1-4H3,(H,26,29). The van der Waals surface area contributed by atoms with Crippen LogP contribution in [0.25, 0.3) is 0 Å². The smallest absolute Gasteiger partial charge is 0.407 e. The van der Waals surface area contributed by atoms with Crippen LogP contribution in [-0.4, -0.2) is 40.0 Å². The van der Waals surface area contributed by atoms with Crippen molar-refractivity contribution in [1.29, 1.82) is 0 Å². The van der Waals surface area contributed by atoms with Crippen molar-refractivity contribution < 1.29 is 14.0 Å². The van der Waals surface area contributed by atoms with Crippen molar-refractivity contribution >= 4 is 42.0 Å². The Morgan fingerprint density at radius 1 is 1.12 bits per heavy atom. The fourth-order valence-corrected chi connectivity index (χ4v) is 7.35. The third-order valence-corrected chi connectivity index (χ3v) is 9.48. The number of nitrogens with one attached hydrogen (secondary N) is 1. The van der Waals surface area contributed by atoms with Crippen molar-refractivity contribution in [2.75, 3.05) is 18.6 Å². The Hall–Kier alpha value is -2.68. The molecule has 174 valence electrons. The first-order valence-corrected chi connectivity index (χ1v) is 13.7. The summed E-state index contributed by atoms with van der Waals surface area (Å²) in [6, 6.07) is 21.2. The molecule has 1 aliphatic rings. The summed E-state index contributed by atoms with van der Waals surface area (Å²) in [6.07, 6.45) is -0.503. The van der Waals surface area contributed by atoms with E-state index in [2.05, 4.69) is 84.3 Å². The summed E-state index contributed by atoms with van der Waals surface area (Å²) in [7, 11) is -0.552. The summed E-state index contributed by atoms with van der Waals surface area (Å²) in [5.41, 5.74) is 0.929. The molecule has 3 aromatic rings. The molecule has 1 aromatic heterocycles. The van der Waals surface area contributed by atoms with Crippen molar-refractivity contribution in [1.82, 2.24) is 10.3 Å². The number of benzene rings is 2. The van der Waals surface area contributed by atoms with Crippen LogP contribution in [0.2, 0.25) is 0 Å². The largest absolute Gasteiger partial charge is 0.453 e. The molecule has 2 atom stereocenters. The molecule has 2 unspecified atom stereocenters. The highest BCUT2D eigenvalue weighted by atomic mass is 32.1. The van der Waals surface area contributed by atoms with Crippen LogP contribution in [0, 0.1) is 11.3 Å². The molecule has 4 rings (SSSR count). The lowest BCUT2D eigenvalue weighted by Crippen LogP contribution is -2.65. The number of alkyl carbamates (subject to hydrolysis) is 1. The molecule has 1 saturated heterocycles. The number of hydrogen-bond acceptors (Lipinski definition) is 6. The van der Waals surface area contributed by atoms with Crippen LogP contribution in [0.5, 0.6) is 0 Å². The number of methoxy groups -OCH3 is 1. The van der Waals surface area contributed by atoms with Gasteiger partial charge in [-0.1, -0.05) is 81.4 Å². The Kier molecular flexibility index (Phi) is 7.16. The van der Waals surface area contributed by atoms with Gasteiger partial charge in [0.1, 0.15) is 6.23 Å². The fraction of sp³-hybridized carbons (Fsp3) is 0.360. The average Bonchev–Trinajstić information content (AvgIpc) is 3.25. The minimum atomic E-state index is -1.91. The molecule has 1 fully saturated rings. The first-order valence-electron chi connectivity index (χ1n) is 11.1. The summed E-state index contributed by atoms with van der Waals surface area (Å²) in [6.45, 7) is 8.08. The second-order valence-corrected chi connectivity index (χ2v) is 12.5. The molecule has 0 spiro atoms. The van der Waals surface area contributed by atoms with Gasteiger partial charge in [0.25, 0.3) is 0 Å². The number of carbonyl (C=O) groups is 1. The van der Waals surface area contributed by atoms with E-state index in [-0.39, 0.29) is 11.6 Å². The van der Waals surface area contributed by atoms with Gasteiger partial charge in [-0.25, -0.2) is 9.78 Å². The highest BCUT2D eigenvalue weighted by Crippen LogP contribution is 2.43. The molecule has 1 amide bonds. The Morgan fingerprint density at radius 2 is 1.73 bits per heavy atom. The van der Waals surface area contributed by atoms with Gasteiger partial charge in [0.2, 0.25) is 9.04 Å². The van der Waals surface area contributed by atoms with Gasteiger partial charge in [0, 0.05) is 17.8 Å². The summed E-state index contributed by atoms with van der Waals surface area (Å²) < 4.78 is 11.7. The van der Waals surface area contributed by atoms with Crippen LogP contribution >= 0.6 is 11.3 Å². The second-order valence-electron chi connectivity index (χ2n) is 9.32. The van der Waals surface area contributed by atoms with Gasteiger partial charge in [-0.05, 0) is 15.8 Å². The van der Waals surface area contributed by atoms with E-state index in [1.54, 1.807) is 11.3 Å². The number of anilines is 1. The van der Waals surface area contributed by atoms with Gasteiger partial charge in [-0.3, -0.25) is 0 Å². The van der Waals surface area contributed by atoms with Crippen LogP contribution in [0.15, 0.2) is 66.0 Å². The van der Waals surface area contributed by atoms with Crippen molar-refractivity contribution in [3.05, 3.63) is 71.7 Å². The van der Waals surface area contributed by atoms with E-state index in [9.17, 15) is 4.79 Å². The number of ether oxygens (including phenoxy) is 1. The lowest BCUT2D eigenvalue weighted by Gasteiger charge is -2.54. The Labute approximate surface area is 201 Å². The predicted octanol–water partition coefficient (Wildman–Crippen LogP) is 3.36. The minimum Gasteiger partial charge on any atom is -0.453 e. The van der Waals surface area contributed by atoms with E-state index in [1.807, 2.05) is 17.5 Å². The summed E-state index contributed by atoms with van der Waals surface area (Å²) in [4.78, 5) is 18.4. The lowest BCUT2D eigenvalue weighted by atomic mass is 9.74. The average molecular weight is 482 g/mol. The molecule has 0 bridgehead atoms. The van der Waals surface area contributed by atoms with Gasteiger partial charge >= 0.3 is 6.09 Å². The molecule has 2 aromatic carbocycles. The third-order valence-electron chi connectivity index (χ3n) is 6.02. The summed E-state index contributed by atoms with van der Waals surface area (Å²) in [5, 5.41) is 8.14. The van der Waals surface area contributed by atoms with E-state index >= 15 is 0 Å². The maximum atomic E-state index is 11.4. The van der Waals surface area contributed by atoms with Crippen LogP contribution in [0.3, 0.4) is 0 Å². The van der Waals surface area contributed by atoms with E-state index in [4.69, 9.17) is 9.41 Å². The number of thiazole rings is 1. The number of amides is 1. The SMILES string of the molecule is COC(=O)NCc1csc(N2CC(C(C)(C)C)C2O[SiH](c2ccccc2)c2ccccc2)n1. The van der Waals surface area contributed by atoms with Crippen LogP contribution < -0.4 is 20.6 Å². The lowest BCUT2D eigenvalue weighted by molar-refractivity contribution is 0.00495. The van der Waals surface area contributed by atoms with E-state index in [0.29, 0.717) is 12.5 Å². The first kappa shape index (κ1) is 23.5. The molecule has 1 aliphatic heterocycles. The zero-order valence-corrected chi connectivity index (χ0v) is 21.5. The van der Waals surface area contributed by atoms with E-state index < -0.39 is 15.1 Å². The quantitative estimate of drug-likeness (QED) is 0.525. The molecular formula is C25H31N3O3SSi. The van der Waals surface area contributed by atoms with Gasteiger partial charge in [-0.15, -0.1) is 11.3 Å². The van der Waals surface area contributed by atoms with Crippen molar-refractivity contribution in [2.24, 2.45) is 11.3 Å². The van der Waals surface area contributed by atoms with Crippen LogP contribution in [-0.2, 0) is 15.7 Å². The van der Waals surface area contributed by atoms with Crippen molar-refractivity contribution in [2.45, 2.75) is 33.5 Å². The highest BCUT2D eigenvalue weighted by molar-refractivity contribution is 7.13. The number of aromatic nitrogens is 1. The van der Waals surface area contributed by atoms with E-state index in [0.717, 1.165) is 17.4 Å². The topological polar surface area (TPSA) is 63.7 Å². The Balaban J connectivity index is 1.59. The fourth-order valence-electron chi connectivity index (χ4n) is 4.03. The highest BCUT2D eigenvalue weighted by Gasteiger charge is 2.48. The molecular weight excluding hydrogens is 450 g/mol. The Bertz CT molecular complexity index is 1020. The summed E-state index contributed by atoms with van der Waals surface area (Å²) in [5.74, 6) is 0.389. The number of hydrogen-bond donors (Lipinski definition) is 1. The Morgan fingerprint density at radius 3 is 2.27 bits per heavy atom. The molecule has 0 saturated carbocycles. The van der Waals surface area contributed by atoms with Gasteiger partial charge in [-0.2, -0.15) is 0 Å². The zero-order valence-electron chi connectivity index (χ0n) is 19.5. The maximum Gasteiger partial charge on any atom is 0.407 e. The number of rotatable bonds is 7. The number of nitrogens with zero attached hydrogens (tertiary/aromatic N) is 2. The molecule has 8 heteroatoms. The zero-order chi connectivity index (χ0) is 23.4. The predicted molar refractivity (Wildman–Crippen MR) is 136 cm³/mol. The van der Waals surface area contributed by atoms with Gasteiger partial charge in [0.15, 0.2) is 5.13 Å². The van der Waals surface area contributed by atoms with Crippen molar-refractivity contribution in [3.8, 4) is 0 Å². The second kappa shape index (κ2) is 10.1. The monoisotopic (exact) mass is 481 g/mol. The molecule has 6 nitrogen and oxygen atoms in total. The van der Waals surface area contributed by atoms with Gasteiger partial charge < -0.3 is 19.4 Å². The first-order chi connectivity index (χ1) is 15.9. The van der Waals surface area contributed by atoms with Crippen molar-refractivity contribution in [3.63, 3.8) is 0 Å². The van der Waals surface area contributed by atoms with Crippen LogP contribution in [0.1, 0.15) is 26.5 Å². The molecule has 33 heavy (non-hydrogen) atoms.